The molecule has 192 valence electrons. The summed E-state index contributed by atoms with van der Waals surface area (Å²) in [5, 5.41) is 0. The molecule has 0 bridgehead atoms. The van der Waals surface area contributed by atoms with Crippen LogP contribution in [0.25, 0.3) is 0 Å². The Balaban J connectivity index is 1.46. The number of methoxy groups -OCH3 is 3. The highest BCUT2D eigenvalue weighted by atomic mass is 16.7. The molecular weight excluding hydrogens is 476 g/mol. The van der Waals surface area contributed by atoms with Crippen LogP contribution >= 0.6 is 0 Å². The monoisotopic (exact) mass is 502 g/mol. The Labute approximate surface area is 207 Å². The van der Waals surface area contributed by atoms with Crippen molar-refractivity contribution in [2.24, 2.45) is 5.92 Å². The number of hydrogen-bond acceptors (Lipinski definition) is 11. The Morgan fingerprint density at radius 1 is 0.917 bits per heavy atom. The summed E-state index contributed by atoms with van der Waals surface area (Å²) < 4.78 is 58.2. The van der Waals surface area contributed by atoms with Gasteiger partial charge in [-0.2, -0.15) is 0 Å². The van der Waals surface area contributed by atoms with Crippen molar-refractivity contribution in [1.82, 2.24) is 0 Å². The van der Waals surface area contributed by atoms with Gasteiger partial charge in [-0.1, -0.05) is 0 Å². The number of hydrogen-bond donors (Lipinski definition) is 0. The second-order valence-electron chi connectivity index (χ2n) is 8.78. The molecule has 36 heavy (non-hydrogen) atoms. The molecule has 4 atom stereocenters. The number of esters is 1. The maximum Gasteiger partial charge on any atom is 0.303 e. The molecule has 4 unspecified atom stereocenters. The molecule has 2 fully saturated rings. The maximum absolute atomic E-state index is 12.4. The van der Waals surface area contributed by atoms with E-state index in [2.05, 4.69) is 0 Å². The van der Waals surface area contributed by atoms with Crippen molar-refractivity contribution < 1.29 is 52.2 Å². The minimum Gasteiger partial charge on any atom is -0.496 e. The number of benzene rings is 2. The molecule has 0 radical (unpaired) electrons. The van der Waals surface area contributed by atoms with Crippen molar-refractivity contribution in [2.45, 2.75) is 24.7 Å². The van der Waals surface area contributed by atoms with Crippen LogP contribution in [0.2, 0.25) is 0 Å². The standard InChI is InChI=1S/C25H26O11/c1-12(26)36-25-9-31-20(18-16(27-2)7-17-22(23(18)29-4)35-11-33-17)14(25)8-30-24(25)13-5-6-15-21(19(13)28-3)34-10-32-15/h5-7,14,20,24H,8-11H2,1-4H3. The first-order chi connectivity index (χ1) is 17.5. The van der Waals surface area contributed by atoms with E-state index in [4.69, 9.17) is 47.4 Å². The normalized spacial score (nSPS) is 27.1. The lowest BCUT2D eigenvalue weighted by Gasteiger charge is -2.33. The Hall–Kier alpha value is -3.57. The predicted molar refractivity (Wildman–Crippen MR) is 120 cm³/mol. The number of carbonyl (C=O) groups excluding carboxylic acids is 1. The fourth-order valence-electron chi connectivity index (χ4n) is 5.63. The maximum atomic E-state index is 12.4. The van der Waals surface area contributed by atoms with Gasteiger partial charge in [-0.15, -0.1) is 0 Å². The first-order valence-corrected chi connectivity index (χ1v) is 11.5. The fourth-order valence-corrected chi connectivity index (χ4v) is 5.63. The molecule has 0 N–H and O–H groups in total. The highest BCUT2D eigenvalue weighted by Gasteiger charge is 2.64. The van der Waals surface area contributed by atoms with Gasteiger partial charge in [0.15, 0.2) is 28.6 Å². The van der Waals surface area contributed by atoms with E-state index in [9.17, 15) is 4.79 Å². The molecule has 4 aliphatic rings. The lowest BCUT2D eigenvalue weighted by Crippen LogP contribution is -2.43. The molecular formula is C25H26O11. The van der Waals surface area contributed by atoms with Crippen LogP contribution in [0.3, 0.4) is 0 Å². The van der Waals surface area contributed by atoms with Gasteiger partial charge >= 0.3 is 5.97 Å². The van der Waals surface area contributed by atoms with Gasteiger partial charge in [0, 0.05) is 18.6 Å². The van der Waals surface area contributed by atoms with Gasteiger partial charge in [-0.05, 0) is 12.1 Å². The topological polar surface area (TPSA) is 109 Å². The summed E-state index contributed by atoms with van der Waals surface area (Å²) in [5.41, 5.74) is 0.147. The van der Waals surface area contributed by atoms with Crippen molar-refractivity contribution in [2.75, 3.05) is 48.1 Å². The van der Waals surface area contributed by atoms with E-state index in [1.807, 2.05) is 6.07 Å². The second kappa shape index (κ2) is 8.52. The highest BCUT2D eigenvalue weighted by molar-refractivity contribution is 5.68. The van der Waals surface area contributed by atoms with Gasteiger partial charge in [0.2, 0.25) is 25.1 Å². The summed E-state index contributed by atoms with van der Waals surface area (Å²) in [6.45, 7) is 1.84. The summed E-state index contributed by atoms with van der Waals surface area (Å²) >= 11 is 0. The van der Waals surface area contributed by atoms with Gasteiger partial charge in [0.1, 0.15) is 11.9 Å². The van der Waals surface area contributed by atoms with E-state index in [0.717, 1.165) is 0 Å². The molecule has 0 saturated carbocycles. The predicted octanol–water partition coefficient (Wildman–Crippen LogP) is 2.93. The van der Waals surface area contributed by atoms with Crippen molar-refractivity contribution >= 4 is 5.97 Å². The minimum absolute atomic E-state index is 0.0692. The van der Waals surface area contributed by atoms with Crippen LogP contribution < -0.4 is 33.2 Å². The van der Waals surface area contributed by atoms with Crippen LogP contribution in [0.5, 0.6) is 40.2 Å². The Bertz CT molecular complexity index is 1210. The number of ether oxygens (including phenoxy) is 10. The zero-order valence-electron chi connectivity index (χ0n) is 20.3. The third kappa shape index (κ3) is 3.15. The summed E-state index contributed by atoms with van der Waals surface area (Å²) in [5.74, 6) is 2.59. The van der Waals surface area contributed by atoms with Crippen LogP contribution in [-0.4, -0.2) is 59.7 Å². The second-order valence-corrected chi connectivity index (χ2v) is 8.78. The molecule has 0 aromatic heterocycles. The first-order valence-electron chi connectivity index (χ1n) is 11.5. The molecule has 0 spiro atoms. The van der Waals surface area contributed by atoms with Gasteiger partial charge in [0.05, 0.1) is 52.1 Å². The van der Waals surface area contributed by atoms with Crippen molar-refractivity contribution in [3.63, 3.8) is 0 Å². The molecule has 11 heteroatoms. The van der Waals surface area contributed by atoms with Crippen molar-refractivity contribution in [3.05, 3.63) is 29.3 Å². The van der Waals surface area contributed by atoms with E-state index < -0.39 is 29.7 Å². The summed E-state index contributed by atoms with van der Waals surface area (Å²) in [6, 6.07) is 5.36. The van der Waals surface area contributed by atoms with Gasteiger partial charge in [0.25, 0.3) is 0 Å². The van der Waals surface area contributed by atoms with Crippen LogP contribution in [0, 0.1) is 5.92 Å². The van der Waals surface area contributed by atoms with Gasteiger partial charge < -0.3 is 47.4 Å². The van der Waals surface area contributed by atoms with E-state index >= 15 is 0 Å². The first kappa shape index (κ1) is 22.9. The molecule has 2 aromatic carbocycles. The van der Waals surface area contributed by atoms with Crippen LogP contribution in [0.15, 0.2) is 18.2 Å². The smallest absolute Gasteiger partial charge is 0.303 e. The van der Waals surface area contributed by atoms with Gasteiger partial charge in [-0.25, -0.2) is 0 Å². The molecule has 2 saturated heterocycles. The third-order valence-electron chi connectivity index (χ3n) is 7.04. The zero-order chi connectivity index (χ0) is 25.0. The molecule has 0 aliphatic carbocycles. The van der Waals surface area contributed by atoms with Crippen molar-refractivity contribution in [3.8, 4) is 40.2 Å². The molecule has 4 aliphatic heterocycles. The molecule has 0 amide bonds. The van der Waals surface area contributed by atoms with Gasteiger partial charge in [-0.3, -0.25) is 4.79 Å². The van der Waals surface area contributed by atoms with E-state index in [0.29, 0.717) is 51.4 Å². The molecule has 4 heterocycles. The van der Waals surface area contributed by atoms with E-state index in [-0.39, 0.29) is 26.8 Å². The van der Waals surface area contributed by atoms with E-state index in [1.54, 1.807) is 33.5 Å². The molecule has 2 aromatic rings. The average Bonchev–Trinajstić information content (AvgIpc) is 3.65. The Morgan fingerprint density at radius 2 is 1.64 bits per heavy atom. The quantitative estimate of drug-likeness (QED) is 0.544. The lowest BCUT2D eigenvalue weighted by atomic mass is 9.79. The summed E-state index contributed by atoms with van der Waals surface area (Å²) in [6.07, 6.45) is -1.28. The molecule has 6 rings (SSSR count). The van der Waals surface area contributed by atoms with E-state index in [1.165, 1.54) is 6.92 Å². The average molecular weight is 502 g/mol. The Kier molecular flexibility index (Phi) is 5.41. The SMILES string of the molecule is COc1cc2c(c(OC)c1C1OCC3(OC(C)=O)C(c4ccc5c(c4OC)OCO5)OCC13)OCO2. The molecule has 11 nitrogen and oxygen atoms in total. The third-order valence-corrected chi connectivity index (χ3v) is 7.04. The fraction of sp³-hybridized carbons (Fsp3) is 0.480. The van der Waals surface area contributed by atoms with Crippen LogP contribution in [-0.2, 0) is 19.0 Å². The van der Waals surface area contributed by atoms with Crippen molar-refractivity contribution in [1.29, 1.82) is 0 Å². The number of carbonyl (C=O) groups is 1. The minimum atomic E-state index is -1.15. The summed E-state index contributed by atoms with van der Waals surface area (Å²) in [7, 11) is 4.64. The highest BCUT2D eigenvalue weighted by Crippen LogP contribution is 2.61. The summed E-state index contributed by atoms with van der Waals surface area (Å²) in [4.78, 5) is 12.4. The largest absolute Gasteiger partial charge is 0.496 e. The number of rotatable bonds is 6. The van der Waals surface area contributed by atoms with Crippen LogP contribution in [0.1, 0.15) is 30.3 Å². The lowest BCUT2D eigenvalue weighted by molar-refractivity contribution is -0.167. The Morgan fingerprint density at radius 3 is 2.33 bits per heavy atom. The van der Waals surface area contributed by atoms with Crippen LogP contribution in [0.4, 0.5) is 0 Å². The number of fused-ring (bicyclic) bond motifs is 3. The zero-order valence-corrected chi connectivity index (χ0v) is 20.3.